The van der Waals surface area contributed by atoms with Gasteiger partial charge in [-0.05, 0) is 43.5 Å². The van der Waals surface area contributed by atoms with Crippen LogP contribution in [0.25, 0.3) is 5.69 Å². The lowest BCUT2D eigenvalue weighted by atomic mass is 10.0. The fourth-order valence-corrected chi connectivity index (χ4v) is 5.21. The Kier molecular flexibility index (Phi) is 5.72. The Bertz CT molecular complexity index is 958. The first-order chi connectivity index (χ1) is 12.4. The van der Waals surface area contributed by atoms with Crippen molar-refractivity contribution in [1.29, 1.82) is 0 Å². The van der Waals surface area contributed by atoms with Gasteiger partial charge in [0.15, 0.2) is 0 Å². The third-order valence-corrected chi connectivity index (χ3v) is 7.32. The van der Waals surface area contributed by atoms with Crippen molar-refractivity contribution in [2.75, 3.05) is 6.54 Å². The molecule has 0 N–H and O–H groups in total. The molecule has 1 aromatic heterocycles. The number of halogens is 2. The molecule has 9 heteroatoms. The number of hydrogen-bond acceptors (Lipinski definition) is 4. The normalized spacial score (nSPS) is 18.8. The second-order valence-corrected chi connectivity index (χ2v) is 8.87. The van der Waals surface area contributed by atoms with Crippen LogP contribution in [0.15, 0.2) is 40.2 Å². The molecule has 3 rings (SSSR count). The van der Waals surface area contributed by atoms with E-state index >= 15 is 0 Å². The van der Waals surface area contributed by atoms with E-state index in [0.29, 0.717) is 12.2 Å². The third-order valence-electron chi connectivity index (χ3n) is 4.61. The maximum absolute atomic E-state index is 13.0. The van der Waals surface area contributed by atoms with Crippen LogP contribution in [0.3, 0.4) is 0 Å². The molecule has 140 valence electrons. The monoisotopic (exact) mass is 415 g/mol. The molecule has 0 amide bonds. The minimum absolute atomic E-state index is 0.0350. The maximum Gasteiger partial charge on any atom is 0.291 e. The van der Waals surface area contributed by atoms with Crippen LogP contribution in [0.2, 0.25) is 10.0 Å². The summed E-state index contributed by atoms with van der Waals surface area (Å²) in [5.41, 5.74) is -0.143. The van der Waals surface area contributed by atoms with Crippen LogP contribution in [0.5, 0.6) is 0 Å². The fraction of sp³-hybridized carbons (Fsp3) is 0.412. The molecular weight excluding hydrogens is 397 g/mol. The molecule has 1 aliphatic heterocycles. The van der Waals surface area contributed by atoms with Crippen molar-refractivity contribution in [2.24, 2.45) is 0 Å². The van der Waals surface area contributed by atoms with Gasteiger partial charge in [0.1, 0.15) is 5.02 Å². The lowest BCUT2D eigenvalue weighted by Crippen LogP contribution is -2.43. The second kappa shape index (κ2) is 7.68. The molecule has 1 saturated heterocycles. The van der Waals surface area contributed by atoms with Gasteiger partial charge in [-0.3, -0.25) is 4.79 Å². The van der Waals surface area contributed by atoms with E-state index in [4.69, 9.17) is 23.2 Å². The van der Waals surface area contributed by atoms with Crippen LogP contribution in [0.4, 0.5) is 0 Å². The summed E-state index contributed by atoms with van der Waals surface area (Å²) in [7, 11) is -3.57. The van der Waals surface area contributed by atoms with E-state index in [1.54, 1.807) is 4.31 Å². The number of piperidine rings is 1. The Morgan fingerprint density at radius 3 is 2.54 bits per heavy atom. The fourth-order valence-electron chi connectivity index (χ4n) is 3.19. The van der Waals surface area contributed by atoms with E-state index in [-0.39, 0.29) is 21.0 Å². The van der Waals surface area contributed by atoms with E-state index < -0.39 is 15.6 Å². The molecule has 1 atom stereocenters. The molecule has 1 fully saturated rings. The average Bonchev–Trinajstić information content (AvgIpc) is 2.66. The van der Waals surface area contributed by atoms with Crippen molar-refractivity contribution in [3.8, 4) is 5.69 Å². The molecule has 1 unspecified atom stereocenters. The molecule has 2 aromatic rings. The highest BCUT2D eigenvalue weighted by Gasteiger charge is 2.32. The molecule has 0 aliphatic carbocycles. The summed E-state index contributed by atoms with van der Waals surface area (Å²) in [6.07, 6.45) is 4.87. The van der Waals surface area contributed by atoms with Gasteiger partial charge in [0.05, 0.1) is 21.8 Å². The first-order valence-electron chi connectivity index (χ1n) is 8.42. The maximum atomic E-state index is 13.0. The van der Waals surface area contributed by atoms with Gasteiger partial charge in [0, 0.05) is 12.6 Å². The van der Waals surface area contributed by atoms with Crippen molar-refractivity contribution in [3.05, 3.63) is 50.9 Å². The van der Waals surface area contributed by atoms with E-state index in [2.05, 4.69) is 5.10 Å². The molecule has 6 nitrogen and oxygen atoms in total. The Balaban J connectivity index is 1.95. The quantitative estimate of drug-likeness (QED) is 0.765. The Morgan fingerprint density at radius 2 is 1.88 bits per heavy atom. The molecule has 0 bridgehead atoms. The van der Waals surface area contributed by atoms with E-state index in [1.807, 2.05) is 6.92 Å². The van der Waals surface area contributed by atoms with Crippen molar-refractivity contribution >= 4 is 33.2 Å². The van der Waals surface area contributed by atoms with Gasteiger partial charge < -0.3 is 0 Å². The first kappa shape index (κ1) is 19.4. The predicted molar refractivity (Wildman–Crippen MR) is 102 cm³/mol. The summed E-state index contributed by atoms with van der Waals surface area (Å²) in [5.74, 6) is 0. The smallest absolute Gasteiger partial charge is 0.266 e. The minimum atomic E-state index is -3.57. The predicted octanol–water partition coefficient (Wildman–Crippen LogP) is 3.49. The molecule has 26 heavy (non-hydrogen) atoms. The molecule has 0 radical (unpaired) electrons. The lowest BCUT2D eigenvalue weighted by Gasteiger charge is -2.34. The van der Waals surface area contributed by atoms with Crippen LogP contribution in [-0.4, -0.2) is 35.1 Å². The summed E-state index contributed by atoms with van der Waals surface area (Å²) in [4.78, 5) is 12.4. The van der Waals surface area contributed by atoms with Crippen molar-refractivity contribution in [3.63, 3.8) is 0 Å². The molecule has 1 aromatic carbocycles. The van der Waals surface area contributed by atoms with Crippen LogP contribution < -0.4 is 5.56 Å². The Morgan fingerprint density at radius 1 is 1.19 bits per heavy atom. The van der Waals surface area contributed by atoms with Crippen LogP contribution in [0, 0.1) is 0 Å². The van der Waals surface area contributed by atoms with Crippen LogP contribution in [0.1, 0.15) is 32.6 Å². The van der Waals surface area contributed by atoms with Crippen molar-refractivity contribution < 1.29 is 8.42 Å². The molecule has 2 heterocycles. The number of hydrogen-bond donors (Lipinski definition) is 0. The summed E-state index contributed by atoms with van der Waals surface area (Å²) in [6, 6.07) is 6.09. The Labute approximate surface area is 162 Å². The SMILES string of the molecule is CCC1CCCCN1S(=O)(=O)c1ccc(-n2ncc(Cl)c(Cl)c2=O)cc1. The number of rotatable bonds is 4. The summed E-state index contributed by atoms with van der Waals surface area (Å²) < 4.78 is 28.6. The summed E-state index contributed by atoms with van der Waals surface area (Å²) in [6.45, 7) is 2.54. The standard InChI is InChI=1S/C17H19Cl2N3O3S/c1-2-12-5-3-4-10-21(12)26(24,25)14-8-6-13(7-9-14)22-17(23)16(19)15(18)11-20-22/h6-9,11-12H,2-5,10H2,1H3. The zero-order valence-corrected chi connectivity index (χ0v) is 16.6. The van der Waals surface area contributed by atoms with Crippen LogP contribution in [-0.2, 0) is 10.0 Å². The molecule has 0 spiro atoms. The van der Waals surface area contributed by atoms with Gasteiger partial charge in [0.25, 0.3) is 5.56 Å². The second-order valence-electron chi connectivity index (χ2n) is 6.19. The van der Waals surface area contributed by atoms with Gasteiger partial charge in [-0.1, -0.05) is 36.5 Å². The lowest BCUT2D eigenvalue weighted by molar-refractivity contribution is 0.246. The van der Waals surface area contributed by atoms with Gasteiger partial charge >= 0.3 is 0 Å². The van der Waals surface area contributed by atoms with E-state index in [9.17, 15) is 13.2 Å². The summed E-state index contributed by atoms with van der Waals surface area (Å²) in [5, 5.41) is 3.89. The van der Waals surface area contributed by atoms with Crippen molar-refractivity contribution in [2.45, 2.75) is 43.5 Å². The largest absolute Gasteiger partial charge is 0.291 e. The van der Waals surface area contributed by atoms with E-state index in [1.165, 1.54) is 30.5 Å². The highest BCUT2D eigenvalue weighted by atomic mass is 35.5. The number of benzene rings is 1. The van der Waals surface area contributed by atoms with Crippen molar-refractivity contribution in [1.82, 2.24) is 14.1 Å². The Hall–Kier alpha value is -1.41. The number of aromatic nitrogens is 2. The topological polar surface area (TPSA) is 72.3 Å². The van der Waals surface area contributed by atoms with Gasteiger partial charge in [-0.15, -0.1) is 0 Å². The van der Waals surface area contributed by atoms with Gasteiger partial charge in [-0.2, -0.15) is 14.1 Å². The zero-order chi connectivity index (χ0) is 18.9. The minimum Gasteiger partial charge on any atom is -0.266 e. The summed E-state index contributed by atoms with van der Waals surface area (Å²) >= 11 is 11.6. The highest BCUT2D eigenvalue weighted by Crippen LogP contribution is 2.27. The number of sulfonamides is 1. The molecule has 1 aliphatic rings. The van der Waals surface area contributed by atoms with Gasteiger partial charge in [-0.25, -0.2) is 8.42 Å². The third kappa shape index (κ3) is 3.53. The highest BCUT2D eigenvalue weighted by molar-refractivity contribution is 7.89. The molecular formula is C17H19Cl2N3O3S. The molecule has 0 saturated carbocycles. The first-order valence-corrected chi connectivity index (χ1v) is 10.6. The zero-order valence-electron chi connectivity index (χ0n) is 14.2. The number of nitrogens with zero attached hydrogens (tertiary/aromatic N) is 3. The van der Waals surface area contributed by atoms with Crippen LogP contribution >= 0.6 is 23.2 Å². The van der Waals surface area contributed by atoms with Gasteiger partial charge in [0.2, 0.25) is 10.0 Å². The van der Waals surface area contributed by atoms with E-state index in [0.717, 1.165) is 30.4 Å². The average molecular weight is 416 g/mol.